The van der Waals surface area contributed by atoms with Crippen molar-refractivity contribution in [1.29, 1.82) is 0 Å². The lowest BCUT2D eigenvalue weighted by Gasteiger charge is -2.23. The van der Waals surface area contributed by atoms with Crippen LogP contribution in [0.15, 0.2) is 54.7 Å². The molecule has 0 bridgehead atoms. The van der Waals surface area contributed by atoms with Crippen LogP contribution in [-0.2, 0) is 0 Å². The van der Waals surface area contributed by atoms with E-state index < -0.39 is 29.2 Å². The summed E-state index contributed by atoms with van der Waals surface area (Å²) in [6.45, 7) is 0.392. The molecule has 2 heterocycles. The molecule has 0 saturated heterocycles. The molecule has 0 spiro atoms. The molecule has 164 valence electrons. The summed E-state index contributed by atoms with van der Waals surface area (Å²) in [6.07, 6.45) is 1.62. The monoisotopic (exact) mass is 457 g/mol. The number of aliphatic hydroxyl groups excluding tert-OH is 1. The summed E-state index contributed by atoms with van der Waals surface area (Å²) in [5.74, 6) is -2.81. The Labute approximate surface area is 187 Å². The predicted molar refractivity (Wildman–Crippen MR) is 116 cm³/mol. The molecule has 0 fully saturated rings. The van der Waals surface area contributed by atoms with Gasteiger partial charge in [-0.05, 0) is 61.4 Å². The van der Waals surface area contributed by atoms with Crippen molar-refractivity contribution in [3.05, 3.63) is 88.2 Å². The van der Waals surface area contributed by atoms with Gasteiger partial charge >= 0.3 is 0 Å². The van der Waals surface area contributed by atoms with Crippen molar-refractivity contribution in [2.45, 2.75) is 18.9 Å². The summed E-state index contributed by atoms with van der Waals surface area (Å²) >= 11 is 6.06. The molecule has 2 amide bonds. The van der Waals surface area contributed by atoms with Gasteiger partial charge in [0.15, 0.2) is 0 Å². The van der Waals surface area contributed by atoms with Crippen LogP contribution in [-0.4, -0.2) is 28.4 Å². The molecular formula is C23H18ClF2N3O3. The van der Waals surface area contributed by atoms with Gasteiger partial charge in [0.05, 0.1) is 23.6 Å². The summed E-state index contributed by atoms with van der Waals surface area (Å²) in [4.78, 5) is 31.0. The third-order valence-corrected chi connectivity index (χ3v) is 5.39. The third-order valence-electron chi connectivity index (χ3n) is 5.16. The molecule has 1 aromatic heterocycles. The molecule has 3 aromatic rings. The van der Waals surface area contributed by atoms with Gasteiger partial charge < -0.3 is 15.3 Å². The zero-order valence-corrected chi connectivity index (χ0v) is 17.4. The van der Waals surface area contributed by atoms with Gasteiger partial charge in [0.25, 0.3) is 11.8 Å². The van der Waals surface area contributed by atoms with Crippen LogP contribution in [0, 0.1) is 11.6 Å². The van der Waals surface area contributed by atoms with E-state index in [9.17, 15) is 23.5 Å². The lowest BCUT2D eigenvalue weighted by Crippen LogP contribution is -2.32. The molecule has 0 radical (unpaired) electrons. The van der Waals surface area contributed by atoms with Crippen molar-refractivity contribution in [2.24, 2.45) is 0 Å². The topological polar surface area (TPSA) is 82.5 Å². The van der Waals surface area contributed by atoms with Crippen molar-refractivity contribution >= 4 is 34.8 Å². The number of carbonyl (C=O) groups is 2. The Balaban J connectivity index is 1.54. The Bertz CT molecular complexity index is 1190. The summed E-state index contributed by atoms with van der Waals surface area (Å²) in [6, 6.07) is 10.4. The molecule has 4 rings (SSSR count). The van der Waals surface area contributed by atoms with Gasteiger partial charge in [0.1, 0.15) is 17.3 Å². The minimum Gasteiger partial charge on any atom is -0.388 e. The van der Waals surface area contributed by atoms with Crippen LogP contribution in [0.5, 0.6) is 0 Å². The summed E-state index contributed by atoms with van der Waals surface area (Å²) in [5, 5.41) is 13.3. The highest BCUT2D eigenvalue weighted by Gasteiger charge is 2.27. The second-order valence-electron chi connectivity index (χ2n) is 7.33. The first-order valence-electron chi connectivity index (χ1n) is 9.85. The molecule has 6 nitrogen and oxygen atoms in total. The van der Waals surface area contributed by atoms with Crippen LogP contribution in [0.25, 0.3) is 0 Å². The van der Waals surface area contributed by atoms with E-state index in [4.69, 9.17) is 11.6 Å². The highest BCUT2D eigenvalue weighted by atomic mass is 35.5. The first-order chi connectivity index (χ1) is 15.3. The van der Waals surface area contributed by atoms with Crippen molar-refractivity contribution in [3.8, 4) is 0 Å². The number of pyridine rings is 1. The normalized spacial score (nSPS) is 15.6. The zero-order valence-electron chi connectivity index (χ0n) is 16.7. The second kappa shape index (κ2) is 9.02. The number of nitrogens with zero attached hydrogens (tertiary/aromatic N) is 2. The maximum absolute atomic E-state index is 13.8. The number of nitrogens with one attached hydrogen (secondary N) is 1. The van der Waals surface area contributed by atoms with Gasteiger partial charge in [0.2, 0.25) is 0 Å². The highest BCUT2D eigenvalue weighted by molar-refractivity contribution is 6.30. The van der Waals surface area contributed by atoms with Gasteiger partial charge in [-0.15, -0.1) is 0 Å². The molecule has 2 N–H and O–H groups in total. The second-order valence-corrected chi connectivity index (χ2v) is 7.76. The molecule has 9 heteroatoms. The van der Waals surface area contributed by atoms with Gasteiger partial charge in [-0.2, -0.15) is 0 Å². The quantitative estimate of drug-likeness (QED) is 0.595. The Hall–Kier alpha value is -3.36. The number of aromatic nitrogens is 1. The molecule has 2 aromatic carbocycles. The molecule has 1 unspecified atom stereocenters. The van der Waals surface area contributed by atoms with E-state index in [1.807, 2.05) is 0 Å². The SMILES string of the molecule is O=C(Nc1ccc(C(=O)N2CCCC(O)c3cc(Cl)ccc32)nc1)c1cc(F)ccc1F. The Morgan fingerprint density at radius 2 is 1.94 bits per heavy atom. The number of hydrogen-bond acceptors (Lipinski definition) is 4. The van der Waals surface area contributed by atoms with Crippen LogP contribution in [0.1, 0.15) is 45.4 Å². The number of hydrogen-bond donors (Lipinski definition) is 2. The lowest BCUT2D eigenvalue weighted by atomic mass is 10.0. The van der Waals surface area contributed by atoms with Gasteiger partial charge in [-0.25, -0.2) is 13.8 Å². The van der Waals surface area contributed by atoms with E-state index in [2.05, 4.69) is 10.3 Å². The fourth-order valence-corrected chi connectivity index (χ4v) is 3.75. The van der Waals surface area contributed by atoms with E-state index in [-0.39, 0.29) is 17.3 Å². The van der Waals surface area contributed by atoms with Gasteiger partial charge in [-0.3, -0.25) is 9.59 Å². The van der Waals surface area contributed by atoms with Crippen molar-refractivity contribution in [3.63, 3.8) is 0 Å². The summed E-state index contributed by atoms with van der Waals surface area (Å²) in [5.41, 5.74) is 1.03. The van der Waals surface area contributed by atoms with Gasteiger partial charge in [-0.1, -0.05) is 11.6 Å². The summed E-state index contributed by atoms with van der Waals surface area (Å²) in [7, 11) is 0. The Kier molecular flexibility index (Phi) is 6.16. The van der Waals surface area contributed by atoms with E-state index in [1.54, 1.807) is 18.2 Å². The molecule has 32 heavy (non-hydrogen) atoms. The molecule has 1 atom stereocenters. The minimum absolute atomic E-state index is 0.122. The van der Waals surface area contributed by atoms with Crippen LogP contribution >= 0.6 is 11.6 Å². The fourth-order valence-electron chi connectivity index (χ4n) is 3.57. The standard InChI is InChI=1S/C23H18ClF2N3O3/c24-13-3-8-20-17(10-13)21(30)2-1-9-29(20)23(32)19-7-5-15(12-27-19)28-22(31)16-11-14(25)4-6-18(16)26/h3-8,10-12,21,30H,1-2,9H2,(H,28,31). The third kappa shape index (κ3) is 4.46. The number of fused-ring (bicyclic) bond motifs is 1. The maximum Gasteiger partial charge on any atom is 0.276 e. The molecular weight excluding hydrogens is 440 g/mol. The zero-order chi connectivity index (χ0) is 22.8. The molecule has 0 saturated carbocycles. The number of anilines is 2. The van der Waals surface area contributed by atoms with Crippen LogP contribution in [0.4, 0.5) is 20.2 Å². The van der Waals surface area contributed by atoms with E-state index in [0.29, 0.717) is 35.7 Å². The fraction of sp³-hybridized carbons (Fsp3) is 0.174. The number of benzene rings is 2. The average Bonchev–Trinajstić information content (AvgIpc) is 2.94. The number of halogens is 3. The average molecular weight is 458 g/mol. The van der Waals surface area contributed by atoms with E-state index >= 15 is 0 Å². The minimum atomic E-state index is -0.856. The molecule has 0 aliphatic carbocycles. The predicted octanol–water partition coefficient (Wildman–Crippen LogP) is 4.74. The number of amides is 2. The number of carbonyl (C=O) groups excluding carboxylic acids is 2. The Morgan fingerprint density at radius 1 is 1.12 bits per heavy atom. The van der Waals surface area contributed by atoms with Crippen molar-refractivity contribution < 1.29 is 23.5 Å². The molecule has 1 aliphatic rings. The van der Waals surface area contributed by atoms with E-state index in [1.165, 1.54) is 23.2 Å². The first kappa shape index (κ1) is 21.9. The number of rotatable bonds is 3. The molecule has 1 aliphatic heterocycles. The van der Waals surface area contributed by atoms with Crippen molar-refractivity contribution in [1.82, 2.24) is 4.98 Å². The Morgan fingerprint density at radius 3 is 2.69 bits per heavy atom. The summed E-state index contributed by atoms with van der Waals surface area (Å²) < 4.78 is 27.1. The van der Waals surface area contributed by atoms with Gasteiger partial charge in [0, 0.05) is 22.8 Å². The lowest BCUT2D eigenvalue weighted by molar-refractivity contribution is 0.0981. The number of aliphatic hydroxyl groups is 1. The first-order valence-corrected chi connectivity index (χ1v) is 10.2. The van der Waals surface area contributed by atoms with Crippen molar-refractivity contribution in [2.75, 3.05) is 16.8 Å². The van der Waals surface area contributed by atoms with E-state index in [0.717, 1.165) is 18.2 Å². The van der Waals surface area contributed by atoms with Crippen LogP contribution in [0.2, 0.25) is 5.02 Å². The van der Waals surface area contributed by atoms with Crippen LogP contribution < -0.4 is 10.2 Å². The highest BCUT2D eigenvalue weighted by Crippen LogP contribution is 2.35. The largest absolute Gasteiger partial charge is 0.388 e. The smallest absolute Gasteiger partial charge is 0.276 e. The van der Waals surface area contributed by atoms with Crippen LogP contribution in [0.3, 0.4) is 0 Å². The maximum atomic E-state index is 13.8.